The fraction of sp³-hybridized carbons (Fsp3) is 0.190. The minimum absolute atomic E-state index is 0.228. The predicted octanol–water partition coefficient (Wildman–Crippen LogP) is 2.64. The Morgan fingerprint density at radius 2 is 2.00 bits per heavy atom. The first-order chi connectivity index (χ1) is 15.4. The lowest BCUT2D eigenvalue weighted by Crippen LogP contribution is -2.38. The second-order valence-electron chi connectivity index (χ2n) is 7.12. The van der Waals surface area contributed by atoms with Crippen LogP contribution in [-0.2, 0) is 35.1 Å². The number of nitrogens with zero attached hydrogens (tertiary/aromatic N) is 3. The van der Waals surface area contributed by atoms with E-state index in [4.69, 9.17) is 24.5 Å². The number of rotatable bonds is 9. The summed E-state index contributed by atoms with van der Waals surface area (Å²) >= 11 is 0. The standard InChI is InChI=1S/C21H21N4O6P/c22-21-19(4-1-9-25(21)14-30-32(26,27)28)20-12-17(24-31-20)11-15-5-6-16(23-13-15)7-8-18-3-2-10-29-18/h1-6,9-10,12-13,22H,7-8,11,14H2,(H2,26,27,28)/p+1. The number of hydrogen-bond donors (Lipinski definition) is 3. The summed E-state index contributed by atoms with van der Waals surface area (Å²) in [7, 11) is -4.62. The molecule has 4 N–H and O–H groups in total. The first kappa shape index (κ1) is 21.9. The van der Waals surface area contributed by atoms with Gasteiger partial charge in [-0.25, -0.2) is 13.7 Å². The molecule has 0 fully saturated rings. The molecule has 0 bridgehead atoms. The summed E-state index contributed by atoms with van der Waals surface area (Å²) in [6.07, 6.45) is 7.14. The van der Waals surface area contributed by atoms with E-state index in [-0.39, 0.29) is 5.82 Å². The van der Waals surface area contributed by atoms with E-state index in [0.717, 1.165) is 29.9 Å². The molecular weight excluding hydrogens is 435 g/mol. The van der Waals surface area contributed by atoms with Crippen LogP contribution in [0.5, 0.6) is 0 Å². The number of anilines is 1. The largest absolute Gasteiger partial charge is 0.472 e. The first-order valence-corrected chi connectivity index (χ1v) is 11.3. The van der Waals surface area contributed by atoms with E-state index < -0.39 is 14.6 Å². The van der Waals surface area contributed by atoms with E-state index in [1.54, 1.807) is 30.7 Å². The van der Waals surface area contributed by atoms with Crippen molar-refractivity contribution in [1.82, 2.24) is 10.1 Å². The lowest BCUT2D eigenvalue weighted by atomic mass is 10.1. The molecule has 166 valence electrons. The van der Waals surface area contributed by atoms with Crippen molar-refractivity contribution < 1.29 is 32.4 Å². The van der Waals surface area contributed by atoms with Crippen molar-refractivity contribution in [3.8, 4) is 11.3 Å². The van der Waals surface area contributed by atoms with Gasteiger partial charge in [0.2, 0.25) is 6.73 Å². The Balaban J connectivity index is 1.41. The minimum Gasteiger partial charge on any atom is -0.469 e. The van der Waals surface area contributed by atoms with Gasteiger partial charge in [-0.2, -0.15) is 0 Å². The molecule has 0 spiro atoms. The molecule has 4 rings (SSSR count). The van der Waals surface area contributed by atoms with E-state index in [0.29, 0.717) is 23.4 Å². The van der Waals surface area contributed by atoms with Crippen molar-refractivity contribution in [2.24, 2.45) is 0 Å². The van der Waals surface area contributed by atoms with Gasteiger partial charge in [0.05, 0.1) is 18.2 Å². The fourth-order valence-electron chi connectivity index (χ4n) is 3.17. The molecule has 0 saturated heterocycles. The molecule has 0 aliphatic rings. The number of nitrogen functional groups attached to an aromatic ring is 1. The molecular formula is C21H22N4O6P+. The number of phosphoric ester groups is 1. The average Bonchev–Trinajstić information content (AvgIpc) is 3.44. The van der Waals surface area contributed by atoms with Crippen LogP contribution in [-0.4, -0.2) is 19.9 Å². The fourth-order valence-corrected chi connectivity index (χ4v) is 3.44. The lowest BCUT2D eigenvalue weighted by Gasteiger charge is -2.07. The maximum atomic E-state index is 10.9. The molecule has 0 aromatic carbocycles. The van der Waals surface area contributed by atoms with Gasteiger partial charge in [0.15, 0.2) is 5.76 Å². The van der Waals surface area contributed by atoms with Crippen LogP contribution in [0.2, 0.25) is 0 Å². The Morgan fingerprint density at radius 3 is 2.72 bits per heavy atom. The van der Waals surface area contributed by atoms with Gasteiger partial charge in [-0.05, 0) is 42.3 Å². The SMILES string of the molecule is Nc1c(-c2cc(Cc3ccc(CCc4ccco4)nc3)no2)ccc[n+]1COP(=O)(O)O. The minimum atomic E-state index is -4.62. The van der Waals surface area contributed by atoms with Crippen molar-refractivity contribution in [3.63, 3.8) is 0 Å². The summed E-state index contributed by atoms with van der Waals surface area (Å²) in [6.45, 7) is -0.400. The molecule has 0 atom stereocenters. The van der Waals surface area contributed by atoms with E-state index in [1.807, 2.05) is 30.5 Å². The molecule has 32 heavy (non-hydrogen) atoms. The van der Waals surface area contributed by atoms with Crippen molar-refractivity contribution in [2.75, 3.05) is 5.73 Å². The van der Waals surface area contributed by atoms with Crippen LogP contribution in [0.1, 0.15) is 22.7 Å². The van der Waals surface area contributed by atoms with Crippen LogP contribution in [0.15, 0.2) is 70.1 Å². The number of aromatic nitrogens is 3. The second-order valence-corrected chi connectivity index (χ2v) is 8.36. The second kappa shape index (κ2) is 9.46. The summed E-state index contributed by atoms with van der Waals surface area (Å²) in [4.78, 5) is 22.3. The zero-order valence-corrected chi connectivity index (χ0v) is 17.9. The van der Waals surface area contributed by atoms with Crippen LogP contribution in [0.4, 0.5) is 5.82 Å². The molecule has 4 aromatic rings. The van der Waals surface area contributed by atoms with Gasteiger partial charge in [0.1, 0.15) is 11.3 Å². The summed E-state index contributed by atoms with van der Waals surface area (Å²) in [5.74, 6) is 1.60. The van der Waals surface area contributed by atoms with E-state index in [2.05, 4.69) is 14.7 Å². The maximum Gasteiger partial charge on any atom is 0.472 e. The molecule has 0 amide bonds. The highest BCUT2D eigenvalue weighted by Crippen LogP contribution is 2.35. The van der Waals surface area contributed by atoms with Crippen LogP contribution in [0, 0.1) is 0 Å². The molecule has 0 saturated carbocycles. The summed E-state index contributed by atoms with van der Waals surface area (Å²) in [5, 5.41) is 4.10. The molecule has 4 heterocycles. The topological polar surface area (TPSA) is 149 Å². The van der Waals surface area contributed by atoms with Gasteiger partial charge in [-0.1, -0.05) is 11.2 Å². The van der Waals surface area contributed by atoms with E-state index in [1.165, 1.54) is 4.57 Å². The number of pyridine rings is 2. The lowest BCUT2D eigenvalue weighted by molar-refractivity contribution is -0.711. The highest BCUT2D eigenvalue weighted by molar-refractivity contribution is 7.46. The number of hydrogen-bond acceptors (Lipinski definition) is 7. The third-order valence-corrected chi connectivity index (χ3v) is 5.23. The molecule has 11 heteroatoms. The van der Waals surface area contributed by atoms with Gasteiger partial charge < -0.3 is 18.7 Å². The predicted molar refractivity (Wildman–Crippen MR) is 113 cm³/mol. The monoisotopic (exact) mass is 457 g/mol. The van der Waals surface area contributed by atoms with Gasteiger partial charge in [-0.15, -0.1) is 0 Å². The third-order valence-electron chi connectivity index (χ3n) is 4.78. The zero-order chi connectivity index (χ0) is 22.6. The van der Waals surface area contributed by atoms with Crippen LogP contribution < -0.4 is 10.3 Å². The average molecular weight is 457 g/mol. The molecule has 0 aliphatic carbocycles. The summed E-state index contributed by atoms with van der Waals surface area (Å²) < 4.78 is 27.6. The number of furan rings is 1. The smallest absolute Gasteiger partial charge is 0.469 e. The van der Waals surface area contributed by atoms with Crippen molar-refractivity contribution in [1.29, 1.82) is 0 Å². The molecule has 10 nitrogen and oxygen atoms in total. The first-order valence-electron chi connectivity index (χ1n) is 9.77. The zero-order valence-electron chi connectivity index (χ0n) is 17.0. The molecule has 0 aliphatic heterocycles. The highest BCUT2D eigenvalue weighted by atomic mass is 31.2. The Labute approximate surface area is 183 Å². The van der Waals surface area contributed by atoms with Crippen LogP contribution in [0.25, 0.3) is 11.3 Å². The van der Waals surface area contributed by atoms with Gasteiger partial charge >= 0.3 is 7.82 Å². The number of phosphoric acid groups is 1. The Kier molecular flexibility index (Phi) is 6.48. The van der Waals surface area contributed by atoms with Gasteiger partial charge in [0, 0.05) is 30.8 Å². The molecule has 4 aromatic heterocycles. The van der Waals surface area contributed by atoms with Gasteiger partial charge in [0.25, 0.3) is 5.82 Å². The van der Waals surface area contributed by atoms with Crippen molar-refractivity contribution in [3.05, 3.63) is 83.8 Å². The Hall–Kier alpha value is -3.30. The number of aryl methyl sites for hydroxylation is 2. The Morgan fingerprint density at radius 1 is 1.12 bits per heavy atom. The van der Waals surface area contributed by atoms with Gasteiger partial charge in [-0.3, -0.25) is 10.7 Å². The maximum absolute atomic E-state index is 10.9. The molecule has 0 unspecified atom stereocenters. The molecule has 0 radical (unpaired) electrons. The normalized spacial score (nSPS) is 11.7. The van der Waals surface area contributed by atoms with Crippen LogP contribution in [0.3, 0.4) is 0 Å². The van der Waals surface area contributed by atoms with Crippen LogP contribution >= 0.6 is 7.82 Å². The summed E-state index contributed by atoms with van der Waals surface area (Å²) in [5.41, 5.74) is 9.31. The number of nitrogens with two attached hydrogens (primary N) is 1. The van der Waals surface area contributed by atoms with Crippen molar-refractivity contribution in [2.45, 2.75) is 26.0 Å². The quantitative estimate of drug-likeness (QED) is 0.255. The third kappa shape index (κ3) is 5.68. The van der Waals surface area contributed by atoms with Crippen molar-refractivity contribution >= 4 is 13.6 Å². The highest BCUT2D eigenvalue weighted by Gasteiger charge is 2.20. The summed E-state index contributed by atoms with van der Waals surface area (Å²) in [6, 6.07) is 13.0. The van der Waals surface area contributed by atoms with E-state index >= 15 is 0 Å². The van der Waals surface area contributed by atoms with E-state index in [9.17, 15) is 4.57 Å². The Bertz CT molecular complexity index is 1220.